The molecule has 6 nitrogen and oxygen atoms in total. The first-order valence-corrected chi connectivity index (χ1v) is 9.95. The number of amides is 2. The van der Waals surface area contributed by atoms with Crippen molar-refractivity contribution in [2.75, 3.05) is 46.9 Å². The number of nitrogens with zero attached hydrogens (tertiary/aromatic N) is 3. The van der Waals surface area contributed by atoms with Crippen molar-refractivity contribution in [2.24, 2.45) is 5.92 Å². The van der Waals surface area contributed by atoms with Crippen LogP contribution in [0.3, 0.4) is 0 Å². The largest absolute Gasteiger partial charge is 0.484 e. The molecule has 2 heterocycles. The summed E-state index contributed by atoms with van der Waals surface area (Å²) in [5.74, 6) is 1.04. The van der Waals surface area contributed by atoms with E-state index in [-0.39, 0.29) is 24.3 Å². The third-order valence-corrected chi connectivity index (χ3v) is 5.81. The van der Waals surface area contributed by atoms with Crippen LogP contribution in [0.1, 0.15) is 25.7 Å². The van der Waals surface area contributed by atoms with E-state index in [0.29, 0.717) is 24.9 Å². The monoisotopic (exact) mass is 373 g/mol. The van der Waals surface area contributed by atoms with Crippen LogP contribution in [0.4, 0.5) is 0 Å². The number of rotatable bonds is 5. The lowest BCUT2D eigenvalue weighted by Gasteiger charge is -2.38. The summed E-state index contributed by atoms with van der Waals surface area (Å²) in [4.78, 5) is 31.3. The predicted octanol–water partition coefficient (Wildman–Crippen LogP) is 1.86. The van der Waals surface area contributed by atoms with Crippen LogP contribution in [0.5, 0.6) is 5.75 Å². The molecule has 148 valence electrons. The molecule has 6 heteroatoms. The summed E-state index contributed by atoms with van der Waals surface area (Å²) < 4.78 is 5.55. The average molecular weight is 373 g/mol. The number of carbonyl (C=O) groups is 2. The van der Waals surface area contributed by atoms with Crippen LogP contribution in [-0.4, -0.2) is 79.4 Å². The molecule has 0 aliphatic carbocycles. The zero-order valence-corrected chi connectivity index (χ0v) is 16.5. The normalized spacial score (nSPS) is 19.4. The lowest BCUT2D eigenvalue weighted by atomic mass is 9.93. The Morgan fingerprint density at radius 1 is 0.963 bits per heavy atom. The molecule has 2 fully saturated rings. The van der Waals surface area contributed by atoms with Gasteiger partial charge in [-0.15, -0.1) is 0 Å². The Kier molecular flexibility index (Phi) is 6.72. The number of benzene rings is 1. The maximum Gasteiger partial charge on any atom is 0.260 e. The highest BCUT2D eigenvalue weighted by Crippen LogP contribution is 2.23. The minimum Gasteiger partial charge on any atom is -0.484 e. The summed E-state index contributed by atoms with van der Waals surface area (Å²) >= 11 is 0. The number of piperidine rings is 2. The summed E-state index contributed by atoms with van der Waals surface area (Å²) in [5.41, 5.74) is 0. The number of para-hydroxylation sites is 1. The summed E-state index contributed by atoms with van der Waals surface area (Å²) in [6.07, 6.45) is 3.60. The Morgan fingerprint density at radius 3 is 2.15 bits per heavy atom. The van der Waals surface area contributed by atoms with Gasteiger partial charge in [0.25, 0.3) is 5.91 Å². The fourth-order valence-electron chi connectivity index (χ4n) is 3.99. The maximum atomic E-state index is 12.8. The van der Waals surface area contributed by atoms with E-state index in [1.807, 2.05) is 40.1 Å². The van der Waals surface area contributed by atoms with Gasteiger partial charge in [-0.2, -0.15) is 0 Å². The van der Waals surface area contributed by atoms with Crippen LogP contribution in [0.2, 0.25) is 0 Å². The Labute approximate surface area is 162 Å². The topological polar surface area (TPSA) is 53.1 Å². The van der Waals surface area contributed by atoms with Gasteiger partial charge in [0, 0.05) is 38.1 Å². The van der Waals surface area contributed by atoms with Crippen molar-refractivity contribution in [3.63, 3.8) is 0 Å². The molecule has 0 N–H and O–H groups in total. The Hall–Kier alpha value is -2.08. The van der Waals surface area contributed by atoms with E-state index in [9.17, 15) is 9.59 Å². The Balaban J connectivity index is 1.40. The summed E-state index contributed by atoms with van der Waals surface area (Å²) in [5, 5.41) is 0. The second-order valence-electron chi connectivity index (χ2n) is 7.78. The Morgan fingerprint density at radius 2 is 1.56 bits per heavy atom. The van der Waals surface area contributed by atoms with Crippen molar-refractivity contribution in [1.29, 1.82) is 0 Å². The summed E-state index contributed by atoms with van der Waals surface area (Å²) in [6.45, 7) is 3.04. The molecular weight excluding hydrogens is 342 g/mol. The van der Waals surface area contributed by atoms with E-state index < -0.39 is 0 Å². The minimum absolute atomic E-state index is 0.00320. The van der Waals surface area contributed by atoms with Crippen molar-refractivity contribution in [3.8, 4) is 5.75 Å². The van der Waals surface area contributed by atoms with Crippen LogP contribution in [-0.2, 0) is 9.59 Å². The van der Waals surface area contributed by atoms with Crippen molar-refractivity contribution in [1.82, 2.24) is 14.7 Å². The summed E-state index contributed by atoms with van der Waals surface area (Å²) in [7, 11) is 4.22. The average Bonchev–Trinajstić information content (AvgIpc) is 2.72. The Bertz CT molecular complexity index is 619. The molecule has 0 bridgehead atoms. The predicted molar refractivity (Wildman–Crippen MR) is 105 cm³/mol. The van der Waals surface area contributed by atoms with Gasteiger partial charge in [0.15, 0.2) is 6.61 Å². The van der Waals surface area contributed by atoms with E-state index in [1.54, 1.807) is 0 Å². The molecule has 2 saturated heterocycles. The van der Waals surface area contributed by atoms with E-state index >= 15 is 0 Å². The second kappa shape index (κ2) is 9.22. The first-order valence-electron chi connectivity index (χ1n) is 9.95. The third kappa shape index (κ3) is 5.22. The molecule has 0 atom stereocenters. The first kappa shape index (κ1) is 19.7. The van der Waals surface area contributed by atoms with Crippen LogP contribution in [0, 0.1) is 5.92 Å². The quantitative estimate of drug-likeness (QED) is 0.791. The molecule has 1 aromatic rings. The molecule has 0 aromatic heterocycles. The maximum absolute atomic E-state index is 12.8. The molecule has 0 saturated carbocycles. The number of hydrogen-bond donors (Lipinski definition) is 0. The van der Waals surface area contributed by atoms with Gasteiger partial charge in [-0.3, -0.25) is 9.59 Å². The van der Waals surface area contributed by atoms with Crippen molar-refractivity contribution < 1.29 is 14.3 Å². The molecule has 27 heavy (non-hydrogen) atoms. The molecule has 0 spiro atoms. The standard InChI is InChI=1S/C21H31N3O3/c1-22(2)18-10-14-24(15-11-18)21(26)17-8-12-23(13-9-17)20(25)16-27-19-6-4-3-5-7-19/h3-7,17-18H,8-16H2,1-2H3. The highest BCUT2D eigenvalue weighted by molar-refractivity contribution is 5.80. The SMILES string of the molecule is CN(C)C1CCN(C(=O)C2CCN(C(=O)COc3ccccc3)CC2)CC1. The van der Waals surface area contributed by atoms with Crippen LogP contribution < -0.4 is 4.74 Å². The van der Waals surface area contributed by atoms with E-state index in [4.69, 9.17) is 4.74 Å². The van der Waals surface area contributed by atoms with E-state index in [0.717, 1.165) is 38.8 Å². The zero-order chi connectivity index (χ0) is 19.2. The first-order chi connectivity index (χ1) is 13.0. The van der Waals surface area contributed by atoms with Gasteiger partial charge in [-0.1, -0.05) is 18.2 Å². The molecular formula is C21H31N3O3. The van der Waals surface area contributed by atoms with Gasteiger partial charge in [0.2, 0.25) is 5.91 Å². The van der Waals surface area contributed by atoms with Gasteiger partial charge in [0.1, 0.15) is 5.75 Å². The van der Waals surface area contributed by atoms with Gasteiger partial charge in [-0.25, -0.2) is 0 Å². The van der Waals surface area contributed by atoms with Gasteiger partial charge >= 0.3 is 0 Å². The van der Waals surface area contributed by atoms with Crippen molar-refractivity contribution in [2.45, 2.75) is 31.7 Å². The van der Waals surface area contributed by atoms with Crippen LogP contribution >= 0.6 is 0 Å². The van der Waals surface area contributed by atoms with Gasteiger partial charge < -0.3 is 19.4 Å². The van der Waals surface area contributed by atoms with Crippen molar-refractivity contribution in [3.05, 3.63) is 30.3 Å². The molecule has 1 aromatic carbocycles. The summed E-state index contributed by atoms with van der Waals surface area (Å²) in [6, 6.07) is 9.96. The fourth-order valence-corrected chi connectivity index (χ4v) is 3.99. The molecule has 2 aliphatic rings. The second-order valence-corrected chi connectivity index (χ2v) is 7.78. The molecule has 0 radical (unpaired) electrons. The molecule has 2 amide bonds. The van der Waals surface area contributed by atoms with Crippen molar-refractivity contribution >= 4 is 11.8 Å². The van der Waals surface area contributed by atoms with E-state index in [1.165, 1.54) is 0 Å². The highest BCUT2D eigenvalue weighted by Gasteiger charge is 2.32. The number of carbonyl (C=O) groups excluding carboxylic acids is 2. The van der Waals surface area contributed by atoms with Gasteiger partial charge in [0.05, 0.1) is 0 Å². The molecule has 0 unspecified atom stereocenters. The highest BCUT2D eigenvalue weighted by atomic mass is 16.5. The fraction of sp³-hybridized carbons (Fsp3) is 0.619. The number of likely N-dealkylation sites (tertiary alicyclic amines) is 2. The van der Waals surface area contributed by atoms with Crippen LogP contribution in [0.25, 0.3) is 0 Å². The third-order valence-electron chi connectivity index (χ3n) is 5.81. The lowest BCUT2D eigenvalue weighted by Crippen LogP contribution is -2.49. The number of hydrogen-bond acceptors (Lipinski definition) is 4. The van der Waals surface area contributed by atoms with Crippen LogP contribution in [0.15, 0.2) is 30.3 Å². The molecule has 3 rings (SSSR count). The van der Waals surface area contributed by atoms with E-state index in [2.05, 4.69) is 19.0 Å². The molecule has 2 aliphatic heterocycles. The lowest BCUT2D eigenvalue weighted by molar-refractivity contribution is -0.142. The van der Waals surface area contributed by atoms with Gasteiger partial charge in [-0.05, 0) is 51.9 Å². The zero-order valence-electron chi connectivity index (χ0n) is 16.5. The minimum atomic E-state index is -0.00320. The smallest absolute Gasteiger partial charge is 0.260 e. The number of ether oxygens (including phenoxy) is 1.